The Morgan fingerprint density at radius 2 is 1.59 bits per heavy atom. The van der Waals surface area contributed by atoms with Crippen LogP contribution in [0.15, 0.2) is 71.8 Å². The van der Waals surface area contributed by atoms with Crippen LogP contribution in [0.4, 0.5) is 11.8 Å². The minimum atomic E-state index is -0.869. The summed E-state index contributed by atoms with van der Waals surface area (Å²) in [4.78, 5) is 78.4. The van der Waals surface area contributed by atoms with Crippen molar-refractivity contribution in [2.45, 2.75) is 142 Å². The van der Waals surface area contributed by atoms with Crippen LogP contribution in [0.1, 0.15) is 171 Å². The number of nitrogens with zero attached hydrogens (tertiary/aromatic N) is 6. The smallest absolute Gasteiger partial charge is 0.263 e. The molecule has 2 aromatic carbocycles. The summed E-state index contributed by atoms with van der Waals surface area (Å²) in [7, 11) is 0. The highest BCUT2D eigenvalue weighted by Gasteiger charge is 2.36. The van der Waals surface area contributed by atoms with Crippen molar-refractivity contribution in [1.29, 1.82) is 0 Å². The number of hydrogen-bond acceptors (Lipinski definition) is 12. The average Bonchev–Trinajstić information content (AvgIpc) is 3.88. The number of benzene rings is 2. The maximum absolute atomic E-state index is 13.6. The van der Waals surface area contributed by atoms with E-state index in [-0.39, 0.29) is 52.5 Å². The third-order valence-corrected chi connectivity index (χ3v) is 15.3. The Morgan fingerprint density at radius 1 is 0.884 bits per heavy atom. The first kappa shape index (κ1) is 49.5. The highest BCUT2D eigenvalue weighted by molar-refractivity contribution is 6.00. The van der Waals surface area contributed by atoms with E-state index >= 15 is 0 Å². The van der Waals surface area contributed by atoms with Gasteiger partial charge in [0, 0.05) is 67.4 Å². The molecule has 364 valence electrons. The molecule has 0 radical (unpaired) electrons. The molecule has 4 fully saturated rings. The van der Waals surface area contributed by atoms with Crippen molar-refractivity contribution >= 4 is 46.2 Å². The minimum Gasteiger partial charge on any atom is -0.385 e. The lowest BCUT2D eigenvalue weighted by molar-refractivity contribution is -0.135. The number of likely N-dealkylation sites (tertiary alicyclic amines) is 2. The van der Waals surface area contributed by atoms with Gasteiger partial charge in [-0.3, -0.25) is 43.7 Å². The van der Waals surface area contributed by atoms with Gasteiger partial charge < -0.3 is 10.4 Å². The van der Waals surface area contributed by atoms with E-state index in [1.54, 1.807) is 24.6 Å². The summed E-state index contributed by atoms with van der Waals surface area (Å²) in [5.74, 6) is 1.05. The van der Waals surface area contributed by atoms with Crippen LogP contribution >= 0.6 is 0 Å². The summed E-state index contributed by atoms with van der Waals surface area (Å²) in [6.07, 6.45) is 13.0. The first-order valence-electron chi connectivity index (χ1n) is 25.0. The Kier molecular flexibility index (Phi) is 15.3. The number of amides is 2. The molecular weight excluding hydrogens is 869 g/mol. The summed E-state index contributed by atoms with van der Waals surface area (Å²) >= 11 is 0. The normalized spacial score (nSPS) is 19.7. The molecule has 1 aliphatic carbocycles. The lowest BCUT2D eigenvalue weighted by Crippen LogP contribution is -2.43. The quantitative estimate of drug-likeness (QED) is 0.0801. The Balaban J connectivity index is 0.000000641. The number of piperidine rings is 3. The van der Waals surface area contributed by atoms with E-state index in [0.29, 0.717) is 54.6 Å². The fourth-order valence-electron chi connectivity index (χ4n) is 10.8. The zero-order chi connectivity index (χ0) is 49.0. The van der Waals surface area contributed by atoms with Crippen molar-refractivity contribution < 1.29 is 24.3 Å². The molecule has 1 saturated carbocycles. The topological polar surface area (TPSA) is 180 Å². The van der Waals surface area contributed by atoms with Crippen LogP contribution in [0.25, 0.3) is 11.0 Å². The molecule has 5 aromatic rings. The Hall–Kier alpha value is -5.96. The van der Waals surface area contributed by atoms with E-state index in [4.69, 9.17) is 9.97 Å². The maximum atomic E-state index is 13.6. The molecule has 3 aliphatic heterocycles. The van der Waals surface area contributed by atoms with Crippen LogP contribution in [-0.2, 0) is 28.2 Å². The van der Waals surface area contributed by atoms with Gasteiger partial charge in [0.15, 0.2) is 11.6 Å². The largest absolute Gasteiger partial charge is 0.385 e. The van der Waals surface area contributed by atoms with Gasteiger partial charge in [0.25, 0.3) is 5.56 Å². The average molecular weight is 937 g/mol. The molecule has 0 bridgehead atoms. The van der Waals surface area contributed by atoms with Crippen LogP contribution in [-0.4, -0.2) is 84.0 Å². The number of Topliss-reactive ketones (excluding diaryl/α,β-unsaturated/α-hetero) is 2. The van der Waals surface area contributed by atoms with Gasteiger partial charge in [0.1, 0.15) is 11.5 Å². The fourth-order valence-corrected chi connectivity index (χ4v) is 10.8. The lowest BCUT2D eigenvalue weighted by Gasteiger charge is -2.41. The summed E-state index contributed by atoms with van der Waals surface area (Å²) in [5, 5.41) is 17.9. The molecule has 6 heterocycles. The zero-order valence-corrected chi connectivity index (χ0v) is 41.1. The number of aliphatic hydroxyl groups is 1. The van der Waals surface area contributed by atoms with E-state index in [1.165, 1.54) is 23.6 Å². The molecule has 2 unspecified atom stereocenters. The summed E-state index contributed by atoms with van der Waals surface area (Å²) in [5.41, 5.74) is 6.84. The molecule has 2 atom stereocenters. The third kappa shape index (κ3) is 11.1. The van der Waals surface area contributed by atoms with Gasteiger partial charge in [-0.25, -0.2) is 9.97 Å². The number of aromatic nitrogens is 4. The number of nitrogens with one attached hydrogen (secondary N) is 2. The standard InChI is InChI=1S/C49H59N7O4.C6H9NO2/c1-6-36-27-40(16-17-42(36)33(4)57)49(60)21-25-55(26-22-49)32(3)37-13-11-35(12-14-37)30-54-23-19-38(20-24-54)39-15-18-44(50-28-39)52-48-51-29-43-31(2)45(34(5)58)47(59)56(46(43)53-48)41-9-7-8-10-41;1-4-2-3-5(8)7-6(4)9/h11-18,27-29,32,38,41,60H,6-10,19-26,30H2,1-5H3,(H,50,51,52,53);4H,2-3H2,1H3,(H,7,8,9). The van der Waals surface area contributed by atoms with Crippen LogP contribution in [0.3, 0.4) is 0 Å². The van der Waals surface area contributed by atoms with Crippen molar-refractivity contribution in [3.63, 3.8) is 0 Å². The van der Waals surface area contributed by atoms with Crippen molar-refractivity contribution in [2.75, 3.05) is 31.5 Å². The second kappa shape index (κ2) is 21.4. The molecule has 4 aliphatic rings. The first-order valence-corrected chi connectivity index (χ1v) is 25.0. The van der Waals surface area contributed by atoms with E-state index in [9.17, 15) is 29.1 Å². The highest BCUT2D eigenvalue weighted by Crippen LogP contribution is 2.38. The monoisotopic (exact) mass is 937 g/mol. The number of hydrogen-bond donors (Lipinski definition) is 3. The Morgan fingerprint density at radius 3 is 2.20 bits per heavy atom. The number of rotatable bonds is 12. The molecule has 3 N–H and O–H groups in total. The molecule has 14 heteroatoms. The van der Waals surface area contributed by atoms with Gasteiger partial charge in [-0.1, -0.05) is 75.2 Å². The number of carbonyl (C=O) groups is 4. The number of ketones is 2. The number of aryl methyl sites for hydroxylation is 2. The van der Waals surface area contributed by atoms with Gasteiger partial charge in [0.2, 0.25) is 17.8 Å². The van der Waals surface area contributed by atoms with Crippen molar-refractivity contribution in [3.05, 3.63) is 122 Å². The van der Waals surface area contributed by atoms with Crippen molar-refractivity contribution in [2.24, 2.45) is 5.92 Å². The Labute approximate surface area is 405 Å². The number of pyridine rings is 2. The van der Waals surface area contributed by atoms with Gasteiger partial charge in [-0.05, 0) is 138 Å². The van der Waals surface area contributed by atoms with Crippen molar-refractivity contribution in [3.8, 4) is 0 Å². The molecule has 3 saturated heterocycles. The minimum absolute atomic E-state index is 0.0164. The van der Waals surface area contributed by atoms with Crippen LogP contribution in [0, 0.1) is 12.8 Å². The van der Waals surface area contributed by atoms with Gasteiger partial charge in [0.05, 0.1) is 11.2 Å². The van der Waals surface area contributed by atoms with Gasteiger partial charge in [-0.2, -0.15) is 4.98 Å². The van der Waals surface area contributed by atoms with E-state index in [1.807, 2.05) is 37.4 Å². The molecular formula is C55H68N8O6. The highest BCUT2D eigenvalue weighted by atomic mass is 16.3. The lowest BCUT2D eigenvalue weighted by atomic mass is 9.82. The Bertz CT molecular complexity index is 2750. The van der Waals surface area contributed by atoms with Crippen LogP contribution in [0.5, 0.6) is 0 Å². The predicted molar refractivity (Wildman–Crippen MR) is 268 cm³/mol. The zero-order valence-electron chi connectivity index (χ0n) is 41.1. The van der Waals surface area contributed by atoms with Gasteiger partial charge in [-0.15, -0.1) is 0 Å². The van der Waals surface area contributed by atoms with Crippen LogP contribution < -0.4 is 16.2 Å². The fraction of sp³-hybridized carbons (Fsp3) is 0.491. The SMILES string of the molecule is CC1CCC(=O)NC1=O.CCc1cc(C2(O)CCN(C(C)c3ccc(CN4CCC(c5ccc(Nc6ncc7c(C)c(C(C)=O)c(=O)n(C8CCCC8)c7n6)nc5)CC4)cc3)CC2)ccc1C(C)=O. The number of imide groups is 1. The van der Waals surface area contributed by atoms with Crippen molar-refractivity contribution in [1.82, 2.24) is 34.6 Å². The summed E-state index contributed by atoms with van der Waals surface area (Å²) in [6, 6.07) is 19.4. The number of carbonyl (C=O) groups excluding carboxylic acids is 4. The molecule has 3 aromatic heterocycles. The number of fused-ring (bicyclic) bond motifs is 1. The maximum Gasteiger partial charge on any atom is 0.263 e. The van der Waals surface area contributed by atoms with Crippen LogP contribution in [0.2, 0.25) is 0 Å². The molecule has 2 amide bonds. The first-order chi connectivity index (χ1) is 33.1. The second-order valence-electron chi connectivity index (χ2n) is 19.9. The second-order valence-corrected chi connectivity index (χ2v) is 19.9. The predicted octanol–water partition coefficient (Wildman–Crippen LogP) is 8.80. The molecule has 14 nitrogen and oxygen atoms in total. The summed E-state index contributed by atoms with van der Waals surface area (Å²) in [6.45, 7) is 15.6. The summed E-state index contributed by atoms with van der Waals surface area (Å²) < 4.78 is 1.73. The molecule has 69 heavy (non-hydrogen) atoms. The molecule has 0 spiro atoms. The van der Waals surface area contributed by atoms with E-state index < -0.39 is 5.60 Å². The van der Waals surface area contributed by atoms with E-state index in [0.717, 1.165) is 99.7 Å². The van der Waals surface area contributed by atoms with Gasteiger partial charge >= 0.3 is 0 Å². The van der Waals surface area contributed by atoms with E-state index in [2.05, 4.69) is 69.6 Å². The third-order valence-electron chi connectivity index (χ3n) is 15.3. The molecule has 9 rings (SSSR count). The number of anilines is 2.